The summed E-state index contributed by atoms with van der Waals surface area (Å²) in [7, 11) is 0. The molecule has 7 rings (SSSR count). The van der Waals surface area contributed by atoms with Crippen molar-refractivity contribution in [3.05, 3.63) is 157 Å². The van der Waals surface area contributed by atoms with Crippen molar-refractivity contribution in [2.75, 3.05) is 0 Å². The van der Waals surface area contributed by atoms with Crippen LogP contribution in [0.25, 0.3) is 67.3 Å². The number of aromatic amines is 1. The predicted molar refractivity (Wildman–Crippen MR) is 206 cm³/mol. The third-order valence-electron chi connectivity index (χ3n) is 9.24. The summed E-state index contributed by atoms with van der Waals surface area (Å²) in [6.45, 7) is 13.6. The van der Waals surface area contributed by atoms with E-state index in [9.17, 15) is 0 Å². The smallest absolute Gasteiger partial charge is 0.181 e. The molecule has 1 aromatic heterocycles. The second kappa shape index (κ2) is 12.8. The Morgan fingerprint density at radius 2 is 0.878 bits per heavy atom. The Morgan fingerprint density at radius 1 is 0.408 bits per heavy atom. The van der Waals surface area contributed by atoms with Crippen molar-refractivity contribution in [1.82, 2.24) is 15.2 Å². The first-order chi connectivity index (χ1) is 23.6. The van der Waals surface area contributed by atoms with Gasteiger partial charge in [0.2, 0.25) is 0 Å². The van der Waals surface area contributed by atoms with E-state index < -0.39 is 0 Å². The highest BCUT2D eigenvalue weighted by atomic mass is 15.2. The third-order valence-corrected chi connectivity index (χ3v) is 9.24. The molecule has 242 valence electrons. The molecule has 3 nitrogen and oxygen atoms in total. The average Bonchev–Trinajstić information content (AvgIpc) is 3.62. The van der Waals surface area contributed by atoms with E-state index in [2.05, 4.69) is 192 Å². The molecule has 1 heterocycles. The van der Waals surface area contributed by atoms with Crippen LogP contribution >= 0.6 is 0 Å². The Labute approximate surface area is 290 Å². The molecule has 0 aliphatic carbocycles. The van der Waals surface area contributed by atoms with Gasteiger partial charge in [-0.1, -0.05) is 169 Å². The summed E-state index contributed by atoms with van der Waals surface area (Å²) in [4.78, 5) is 5.12. The Hall–Kier alpha value is -5.54. The van der Waals surface area contributed by atoms with Crippen molar-refractivity contribution in [3.8, 4) is 67.3 Å². The highest BCUT2D eigenvalue weighted by molar-refractivity contribution is 5.90. The van der Waals surface area contributed by atoms with Gasteiger partial charge in [0.05, 0.1) is 0 Å². The molecule has 0 fully saturated rings. The maximum absolute atomic E-state index is 5.12. The molecular weight excluding hydrogens is 595 g/mol. The van der Waals surface area contributed by atoms with Crippen LogP contribution in [0.4, 0.5) is 0 Å². The van der Waals surface area contributed by atoms with Gasteiger partial charge in [0.25, 0.3) is 0 Å². The molecule has 0 aliphatic heterocycles. The van der Waals surface area contributed by atoms with Crippen LogP contribution in [0, 0.1) is 0 Å². The Bertz CT molecular complexity index is 2200. The van der Waals surface area contributed by atoms with E-state index in [1.807, 2.05) is 0 Å². The van der Waals surface area contributed by atoms with E-state index >= 15 is 0 Å². The molecule has 6 aromatic carbocycles. The fraction of sp³-hybridized carbons (Fsp3) is 0.174. The van der Waals surface area contributed by atoms with E-state index in [4.69, 9.17) is 10.1 Å². The molecule has 0 amide bonds. The Balaban J connectivity index is 1.36. The molecule has 0 unspecified atom stereocenters. The number of hydrogen-bond donors (Lipinski definition) is 1. The molecule has 0 aliphatic rings. The number of nitrogens with zero attached hydrogens (tertiary/aromatic N) is 2. The topological polar surface area (TPSA) is 41.6 Å². The Morgan fingerprint density at radius 3 is 1.47 bits per heavy atom. The molecule has 1 N–H and O–H groups in total. The second-order valence-corrected chi connectivity index (χ2v) is 14.9. The fourth-order valence-corrected chi connectivity index (χ4v) is 6.68. The van der Waals surface area contributed by atoms with E-state index in [0.29, 0.717) is 5.82 Å². The van der Waals surface area contributed by atoms with Crippen LogP contribution in [0.1, 0.15) is 52.7 Å². The summed E-state index contributed by atoms with van der Waals surface area (Å²) in [5, 5.41) is 8.08. The van der Waals surface area contributed by atoms with Crippen molar-refractivity contribution in [2.24, 2.45) is 0 Å². The summed E-state index contributed by atoms with van der Waals surface area (Å²) in [6.07, 6.45) is 0. The van der Waals surface area contributed by atoms with Gasteiger partial charge in [-0.05, 0) is 84.7 Å². The lowest BCUT2D eigenvalue weighted by atomic mass is 9.77. The van der Waals surface area contributed by atoms with Crippen molar-refractivity contribution in [2.45, 2.75) is 52.4 Å². The molecule has 7 aromatic rings. The van der Waals surface area contributed by atoms with E-state index in [0.717, 1.165) is 22.5 Å². The molecule has 0 radical (unpaired) electrons. The molecule has 3 heteroatoms. The first-order valence-electron chi connectivity index (χ1n) is 17.1. The summed E-state index contributed by atoms with van der Waals surface area (Å²) in [5.41, 5.74) is 14.0. The summed E-state index contributed by atoms with van der Waals surface area (Å²) in [6, 6.07) is 52.0. The first-order valence-corrected chi connectivity index (χ1v) is 17.1. The van der Waals surface area contributed by atoms with Crippen molar-refractivity contribution in [3.63, 3.8) is 0 Å². The summed E-state index contributed by atoms with van der Waals surface area (Å²) in [5.74, 6) is 1.45. The van der Waals surface area contributed by atoms with E-state index in [-0.39, 0.29) is 10.8 Å². The third kappa shape index (κ3) is 6.62. The zero-order valence-electron chi connectivity index (χ0n) is 29.3. The largest absolute Gasteiger partial charge is 0.259 e. The lowest BCUT2D eigenvalue weighted by Crippen LogP contribution is -2.14. The van der Waals surface area contributed by atoms with Crippen molar-refractivity contribution < 1.29 is 0 Å². The van der Waals surface area contributed by atoms with Crippen LogP contribution in [-0.2, 0) is 10.8 Å². The number of H-pyrrole nitrogens is 1. The highest BCUT2D eigenvalue weighted by Crippen LogP contribution is 2.43. The van der Waals surface area contributed by atoms with Gasteiger partial charge in [-0.15, -0.1) is 0 Å². The number of benzene rings is 6. The van der Waals surface area contributed by atoms with Gasteiger partial charge in [0.15, 0.2) is 11.6 Å². The fourth-order valence-electron chi connectivity index (χ4n) is 6.68. The highest BCUT2D eigenvalue weighted by Gasteiger charge is 2.25. The normalized spacial score (nSPS) is 11.9. The molecule has 0 bridgehead atoms. The second-order valence-electron chi connectivity index (χ2n) is 14.9. The molecule has 49 heavy (non-hydrogen) atoms. The van der Waals surface area contributed by atoms with Gasteiger partial charge in [0, 0.05) is 11.1 Å². The number of rotatable bonds is 6. The number of aromatic nitrogens is 3. The SMILES string of the molecule is CC(C)(C)c1cc(-c2n[nH]c(-c3cc(-c4ccc(-c5ccccc5)cc4)c(-c4ccccc4)c(C(C)(C)C)c3)n2)ccc1-c1ccccc1. The molecular formula is C46H43N3. The number of nitrogens with one attached hydrogen (secondary N) is 1. The zero-order valence-corrected chi connectivity index (χ0v) is 29.3. The standard InChI is InChI=1S/C46H43N3/c1-45(2,3)40-29-36(26-27-38(40)33-18-12-8-13-19-33)43-47-44(49-48-43)37-28-39(34-24-22-32(23-25-34)31-16-10-7-11-17-31)42(35-20-14-9-15-21-35)41(30-37)46(4,5)6/h7-30H,1-6H3,(H,47,48,49). The van der Waals surface area contributed by atoms with Crippen molar-refractivity contribution >= 4 is 0 Å². The minimum atomic E-state index is -0.127. The first kappa shape index (κ1) is 32.0. The molecule has 0 saturated carbocycles. The molecule has 0 spiro atoms. The van der Waals surface area contributed by atoms with Gasteiger partial charge >= 0.3 is 0 Å². The summed E-state index contributed by atoms with van der Waals surface area (Å²) < 4.78 is 0. The molecule has 0 atom stereocenters. The minimum absolute atomic E-state index is 0.0554. The van der Waals surface area contributed by atoms with Crippen LogP contribution in [0.5, 0.6) is 0 Å². The Kier molecular flexibility index (Phi) is 8.38. The van der Waals surface area contributed by atoms with Gasteiger partial charge in [-0.25, -0.2) is 4.98 Å². The minimum Gasteiger partial charge on any atom is -0.259 e. The lowest BCUT2D eigenvalue weighted by molar-refractivity contribution is 0.592. The van der Waals surface area contributed by atoms with Gasteiger partial charge in [-0.3, -0.25) is 5.10 Å². The van der Waals surface area contributed by atoms with Crippen LogP contribution in [0.15, 0.2) is 146 Å². The predicted octanol–water partition coefficient (Wildman–Crippen LogP) is 12.4. The van der Waals surface area contributed by atoms with E-state index in [1.54, 1.807) is 0 Å². The maximum Gasteiger partial charge on any atom is 0.181 e. The van der Waals surface area contributed by atoms with Crippen LogP contribution in [-0.4, -0.2) is 15.2 Å². The van der Waals surface area contributed by atoms with Crippen LogP contribution < -0.4 is 0 Å². The monoisotopic (exact) mass is 637 g/mol. The summed E-state index contributed by atoms with van der Waals surface area (Å²) >= 11 is 0. The van der Waals surface area contributed by atoms with Crippen LogP contribution in [0.2, 0.25) is 0 Å². The van der Waals surface area contributed by atoms with Crippen molar-refractivity contribution in [1.29, 1.82) is 0 Å². The zero-order chi connectivity index (χ0) is 34.2. The maximum atomic E-state index is 5.12. The average molecular weight is 638 g/mol. The van der Waals surface area contributed by atoms with Crippen LogP contribution in [0.3, 0.4) is 0 Å². The lowest BCUT2D eigenvalue weighted by Gasteiger charge is -2.27. The quantitative estimate of drug-likeness (QED) is 0.197. The number of hydrogen-bond acceptors (Lipinski definition) is 2. The van der Waals surface area contributed by atoms with E-state index in [1.165, 1.54) is 50.1 Å². The van der Waals surface area contributed by atoms with Gasteiger partial charge < -0.3 is 0 Å². The van der Waals surface area contributed by atoms with Gasteiger partial charge in [-0.2, -0.15) is 5.10 Å². The molecule has 0 saturated heterocycles. The van der Waals surface area contributed by atoms with Gasteiger partial charge in [0.1, 0.15) is 0 Å².